The summed E-state index contributed by atoms with van der Waals surface area (Å²) in [5.41, 5.74) is 2.00. The molecule has 4 rings (SSSR count). The third-order valence-corrected chi connectivity index (χ3v) is 5.50. The first-order chi connectivity index (χ1) is 14.6. The number of ether oxygens (including phenoxy) is 2. The third-order valence-electron chi connectivity index (χ3n) is 5.50. The van der Waals surface area contributed by atoms with Gasteiger partial charge in [-0.15, -0.1) is 0 Å². The standard InChI is InChI=1S/C24H26N2O4/c1-16-13-23(27)25-19(17-7-3-2-4-8-17)9-5-6-10-20(26-24(16)28)18-11-12-21-22(14-18)30-15-29-21/h2-8,11-12,14,16,19-20H,9-10,13,15H2,1H3,(H,25,27)(H,26,28)/b6-5-/t16-,19-,20+/m0/s1. The first-order valence-electron chi connectivity index (χ1n) is 10.3. The van der Waals surface area contributed by atoms with Gasteiger partial charge in [0.05, 0.1) is 12.1 Å². The number of amides is 2. The number of fused-ring (bicyclic) bond motifs is 1. The van der Waals surface area contributed by atoms with Crippen molar-refractivity contribution in [3.63, 3.8) is 0 Å². The molecule has 2 aromatic carbocycles. The van der Waals surface area contributed by atoms with E-state index >= 15 is 0 Å². The van der Waals surface area contributed by atoms with Crippen LogP contribution in [0.1, 0.15) is 49.4 Å². The number of rotatable bonds is 2. The van der Waals surface area contributed by atoms with E-state index < -0.39 is 5.92 Å². The Kier molecular flexibility index (Phi) is 6.02. The maximum absolute atomic E-state index is 12.8. The minimum Gasteiger partial charge on any atom is -0.454 e. The average Bonchev–Trinajstić information content (AvgIpc) is 3.22. The molecule has 0 unspecified atom stereocenters. The number of carbonyl (C=O) groups excluding carboxylic acids is 2. The van der Waals surface area contributed by atoms with E-state index in [4.69, 9.17) is 9.47 Å². The molecular formula is C24H26N2O4. The molecule has 0 radical (unpaired) electrons. The first-order valence-corrected chi connectivity index (χ1v) is 10.3. The number of nitrogens with one attached hydrogen (secondary N) is 2. The van der Waals surface area contributed by atoms with Gasteiger partial charge in [-0.05, 0) is 36.1 Å². The van der Waals surface area contributed by atoms with Gasteiger partial charge in [-0.25, -0.2) is 0 Å². The van der Waals surface area contributed by atoms with Gasteiger partial charge >= 0.3 is 0 Å². The highest BCUT2D eigenvalue weighted by Gasteiger charge is 2.24. The third kappa shape index (κ3) is 4.64. The van der Waals surface area contributed by atoms with Crippen molar-refractivity contribution >= 4 is 11.8 Å². The van der Waals surface area contributed by atoms with Crippen LogP contribution in [0, 0.1) is 5.92 Å². The van der Waals surface area contributed by atoms with E-state index in [9.17, 15) is 9.59 Å². The second-order valence-corrected chi connectivity index (χ2v) is 7.75. The molecule has 30 heavy (non-hydrogen) atoms. The maximum atomic E-state index is 12.8. The molecule has 156 valence electrons. The molecule has 6 nitrogen and oxygen atoms in total. The highest BCUT2D eigenvalue weighted by Crippen LogP contribution is 2.35. The quantitative estimate of drug-likeness (QED) is 0.744. The highest BCUT2D eigenvalue weighted by molar-refractivity contribution is 5.86. The van der Waals surface area contributed by atoms with Crippen LogP contribution in [0.2, 0.25) is 0 Å². The van der Waals surface area contributed by atoms with Gasteiger partial charge in [-0.2, -0.15) is 0 Å². The molecule has 0 bridgehead atoms. The van der Waals surface area contributed by atoms with Gasteiger partial charge in [-0.3, -0.25) is 9.59 Å². The average molecular weight is 406 g/mol. The fraction of sp³-hybridized carbons (Fsp3) is 0.333. The summed E-state index contributed by atoms with van der Waals surface area (Å²) in [6, 6.07) is 15.3. The number of carbonyl (C=O) groups is 2. The lowest BCUT2D eigenvalue weighted by Gasteiger charge is -2.23. The molecule has 0 aliphatic carbocycles. The second-order valence-electron chi connectivity index (χ2n) is 7.75. The predicted molar refractivity (Wildman–Crippen MR) is 113 cm³/mol. The van der Waals surface area contributed by atoms with Crippen LogP contribution in [0.15, 0.2) is 60.7 Å². The summed E-state index contributed by atoms with van der Waals surface area (Å²) in [7, 11) is 0. The molecule has 0 aromatic heterocycles. The summed E-state index contributed by atoms with van der Waals surface area (Å²) in [4.78, 5) is 25.3. The molecular weight excluding hydrogens is 380 g/mol. The topological polar surface area (TPSA) is 76.7 Å². The van der Waals surface area contributed by atoms with Crippen molar-refractivity contribution in [2.75, 3.05) is 6.79 Å². The van der Waals surface area contributed by atoms with Crippen LogP contribution in [-0.2, 0) is 9.59 Å². The lowest BCUT2D eigenvalue weighted by molar-refractivity contribution is -0.130. The van der Waals surface area contributed by atoms with Gasteiger partial charge in [0.25, 0.3) is 0 Å². The Morgan fingerprint density at radius 1 is 0.833 bits per heavy atom. The lowest BCUT2D eigenvalue weighted by atomic mass is 9.97. The van der Waals surface area contributed by atoms with E-state index in [-0.39, 0.29) is 37.1 Å². The van der Waals surface area contributed by atoms with Crippen molar-refractivity contribution in [3.05, 3.63) is 71.8 Å². The summed E-state index contributed by atoms with van der Waals surface area (Å²) in [6.45, 7) is 1.99. The Bertz CT molecular complexity index is 941. The van der Waals surface area contributed by atoms with Crippen LogP contribution in [0.3, 0.4) is 0 Å². The predicted octanol–water partition coefficient (Wildman–Crippen LogP) is 3.81. The van der Waals surface area contributed by atoms with Crippen LogP contribution in [0.4, 0.5) is 0 Å². The lowest BCUT2D eigenvalue weighted by Crippen LogP contribution is -2.37. The second kappa shape index (κ2) is 9.03. The van der Waals surface area contributed by atoms with Crippen molar-refractivity contribution in [3.8, 4) is 11.5 Å². The van der Waals surface area contributed by atoms with E-state index in [0.717, 1.165) is 11.1 Å². The molecule has 2 aliphatic rings. The Labute approximate surface area is 176 Å². The minimum absolute atomic E-state index is 0.117. The molecule has 2 aromatic rings. The maximum Gasteiger partial charge on any atom is 0.231 e. The summed E-state index contributed by atoms with van der Waals surface area (Å²) >= 11 is 0. The zero-order chi connectivity index (χ0) is 20.9. The molecule has 3 atom stereocenters. The molecule has 0 fully saturated rings. The van der Waals surface area contributed by atoms with Crippen LogP contribution >= 0.6 is 0 Å². The fourth-order valence-corrected chi connectivity index (χ4v) is 3.77. The SMILES string of the molecule is C[C@H]1CC(=O)N[C@H](c2ccccc2)C/C=C\C[C@H](c2ccc3c(c2)OCO3)NC1=O. The zero-order valence-electron chi connectivity index (χ0n) is 17.0. The molecule has 2 N–H and O–H groups in total. The largest absolute Gasteiger partial charge is 0.454 e. The molecule has 6 heteroatoms. The Balaban J connectivity index is 1.58. The van der Waals surface area contributed by atoms with E-state index in [0.29, 0.717) is 24.3 Å². The van der Waals surface area contributed by atoms with E-state index in [1.54, 1.807) is 6.92 Å². The Morgan fingerprint density at radius 3 is 2.30 bits per heavy atom. The van der Waals surface area contributed by atoms with E-state index in [1.165, 1.54) is 0 Å². The van der Waals surface area contributed by atoms with Crippen molar-refractivity contribution in [1.82, 2.24) is 10.6 Å². The van der Waals surface area contributed by atoms with Crippen molar-refractivity contribution in [1.29, 1.82) is 0 Å². The van der Waals surface area contributed by atoms with Gasteiger partial charge in [0.2, 0.25) is 18.6 Å². The molecule has 0 saturated carbocycles. The normalized spacial score (nSPS) is 25.4. The monoisotopic (exact) mass is 406 g/mol. The van der Waals surface area contributed by atoms with Crippen molar-refractivity contribution in [2.45, 2.75) is 38.3 Å². The van der Waals surface area contributed by atoms with Gasteiger partial charge in [-0.1, -0.05) is 55.5 Å². The van der Waals surface area contributed by atoms with Gasteiger partial charge in [0.1, 0.15) is 0 Å². The molecule has 2 aliphatic heterocycles. The molecule has 0 spiro atoms. The van der Waals surface area contributed by atoms with E-state index in [1.807, 2.05) is 48.5 Å². The minimum atomic E-state index is -0.429. The van der Waals surface area contributed by atoms with Crippen LogP contribution in [0.25, 0.3) is 0 Å². The molecule has 0 saturated heterocycles. The molecule has 2 heterocycles. The van der Waals surface area contributed by atoms with Gasteiger partial charge < -0.3 is 20.1 Å². The summed E-state index contributed by atoms with van der Waals surface area (Å²) in [5, 5.41) is 6.16. The van der Waals surface area contributed by atoms with Gasteiger partial charge in [0.15, 0.2) is 11.5 Å². The summed E-state index contributed by atoms with van der Waals surface area (Å²) < 4.78 is 10.9. The van der Waals surface area contributed by atoms with Crippen molar-refractivity contribution < 1.29 is 19.1 Å². The first kappa shape index (κ1) is 20.0. The number of hydrogen-bond donors (Lipinski definition) is 2. The van der Waals surface area contributed by atoms with Gasteiger partial charge in [0, 0.05) is 12.3 Å². The zero-order valence-corrected chi connectivity index (χ0v) is 17.0. The van der Waals surface area contributed by atoms with Crippen LogP contribution in [-0.4, -0.2) is 18.6 Å². The summed E-state index contributed by atoms with van der Waals surface area (Å²) in [6.07, 6.45) is 5.60. The molecule has 2 amide bonds. The summed E-state index contributed by atoms with van der Waals surface area (Å²) in [5.74, 6) is 0.706. The Hall–Kier alpha value is -3.28. The van der Waals surface area contributed by atoms with E-state index in [2.05, 4.69) is 22.8 Å². The number of hydrogen-bond acceptors (Lipinski definition) is 4. The Morgan fingerprint density at radius 2 is 1.53 bits per heavy atom. The van der Waals surface area contributed by atoms with Crippen LogP contribution < -0.4 is 20.1 Å². The van der Waals surface area contributed by atoms with Crippen LogP contribution in [0.5, 0.6) is 11.5 Å². The van der Waals surface area contributed by atoms with Crippen molar-refractivity contribution in [2.24, 2.45) is 5.92 Å². The fourth-order valence-electron chi connectivity index (χ4n) is 3.77. The smallest absolute Gasteiger partial charge is 0.231 e. The highest BCUT2D eigenvalue weighted by atomic mass is 16.7. The number of benzene rings is 2.